The number of aromatic nitrogens is 2. The molecule has 2 aromatic rings. The fourth-order valence-corrected chi connectivity index (χ4v) is 3.05. The molecular weight excluding hydrogens is 294 g/mol. The van der Waals surface area contributed by atoms with Gasteiger partial charge in [0.2, 0.25) is 11.7 Å². The number of nitrogens with zero attached hydrogens (tertiary/aromatic N) is 3. The third-order valence-electron chi connectivity index (χ3n) is 4.41. The second kappa shape index (κ2) is 6.78. The normalized spacial score (nSPS) is 19.0. The number of hydrogen-bond donors (Lipinski definition) is 0. The highest BCUT2D eigenvalue weighted by Gasteiger charge is 2.40. The Labute approximate surface area is 136 Å². The number of ether oxygens (including phenoxy) is 2. The second-order valence-electron chi connectivity index (χ2n) is 6.04. The number of methoxy groups -OCH3 is 1. The summed E-state index contributed by atoms with van der Waals surface area (Å²) in [7, 11) is 5.70. The molecule has 0 amide bonds. The fourth-order valence-electron chi connectivity index (χ4n) is 3.05. The highest BCUT2D eigenvalue weighted by Crippen LogP contribution is 2.35. The molecule has 1 fully saturated rings. The van der Waals surface area contributed by atoms with Crippen LogP contribution in [0.5, 0.6) is 0 Å². The first kappa shape index (κ1) is 16.1. The molecular formula is C17H23N3O3. The van der Waals surface area contributed by atoms with Gasteiger partial charge in [-0.15, -0.1) is 0 Å². The Morgan fingerprint density at radius 2 is 1.87 bits per heavy atom. The average Bonchev–Trinajstić information content (AvgIpc) is 3.06. The van der Waals surface area contributed by atoms with Crippen molar-refractivity contribution < 1.29 is 14.0 Å². The molecule has 1 atom stereocenters. The van der Waals surface area contributed by atoms with Crippen molar-refractivity contribution in [1.29, 1.82) is 0 Å². The summed E-state index contributed by atoms with van der Waals surface area (Å²) in [5, 5.41) is 4.22. The van der Waals surface area contributed by atoms with Crippen LogP contribution in [0.2, 0.25) is 0 Å². The maximum atomic E-state index is 5.75. The molecule has 0 radical (unpaired) electrons. The lowest BCUT2D eigenvalue weighted by Gasteiger charge is -2.32. The Bertz CT molecular complexity index is 621. The van der Waals surface area contributed by atoms with Gasteiger partial charge in [-0.1, -0.05) is 35.5 Å². The van der Waals surface area contributed by atoms with Crippen LogP contribution in [-0.2, 0) is 15.1 Å². The van der Waals surface area contributed by atoms with Crippen LogP contribution in [0.3, 0.4) is 0 Å². The summed E-state index contributed by atoms with van der Waals surface area (Å²) in [6.07, 6.45) is 1.47. The van der Waals surface area contributed by atoms with Crippen molar-refractivity contribution >= 4 is 0 Å². The van der Waals surface area contributed by atoms with Crippen molar-refractivity contribution in [3.63, 3.8) is 0 Å². The first-order valence-corrected chi connectivity index (χ1v) is 7.85. The molecule has 1 aromatic heterocycles. The third kappa shape index (κ3) is 3.15. The molecule has 1 aliphatic heterocycles. The summed E-state index contributed by atoms with van der Waals surface area (Å²) in [5.41, 5.74) is 0.610. The quantitative estimate of drug-likeness (QED) is 0.844. The van der Waals surface area contributed by atoms with Gasteiger partial charge in [0.15, 0.2) is 0 Å². The zero-order valence-corrected chi connectivity index (χ0v) is 13.9. The maximum Gasteiger partial charge on any atom is 0.248 e. The average molecular weight is 317 g/mol. The van der Waals surface area contributed by atoms with Crippen LogP contribution >= 0.6 is 0 Å². The Morgan fingerprint density at radius 3 is 2.48 bits per heavy atom. The van der Waals surface area contributed by atoms with E-state index < -0.39 is 5.60 Å². The van der Waals surface area contributed by atoms with Gasteiger partial charge in [0.05, 0.1) is 0 Å². The molecule has 124 valence electrons. The lowest BCUT2D eigenvalue weighted by atomic mass is 9.93. The molecule has 0 N–H and O–H groups in total. The number of benzene rings is 1. The molecule has 1 saturated heterocycles. The van der Waals surface area contributed by atoms with Gasteiger partial charge in [-0.25, -0.2) is 0 Å². The van der Waals surface area contributed by atoms with E-state index >= 15 is 0 Å². The Kier molecular flexibility index (Phi) is 4.75. The smallest absolute Gasteiger partial charge is 0.248 e. The number of hydrogen-bond acceptors (Lipinski definition) is 6. The van der Waals surface area contributed by atoms with Crippen molar-refractivity contribution in [3.8, 4) is 0 Å². The predicted octanol–water partition coefficient (Wildman–Crippen LogP) is 2.37. The SMILES string of the molecule is COC1(c2noc([C@@H](c3ccccc3)N(C)C)n2)CCOCC1. The van der Waals surface area contributed by atoms with E-state index in [9.17, 15) is 0 Å². The fraction of sp³-hybridized carbons (Fsp3) is 0.529. The van der Waals surface area contributed by atoms with Gasteiger partial charge in [-0.05, 0) is 19.7 Å². The minimum atomic E-state index is -0.506. The molecule has 1 aromatic carbocycles. The summed E-state index contributed by atoms with van der Waals surface area (Å²) < 4.78 is 16.8. The van der Waals surface area contributed by atoms with E-state index in [2.05, 4.69) is 27.2 Å². The van der Waals surface area contributed by atoms with E-state index in [0.717, 1.165) is 18.4 Å². The highest BCUT2D eigenvalue weighted by molar-refractivity contribution is 5.24. The van der Waals surface area contributed by atoms with Gasteiger partial charge in [0, 0.05) is 33.2 Å². The highest BCUT2D eigenvalue weighted by atomic mass is 16.5. The topological polar surface area (TPSA) is 60.6 Å². The standard InChI is InChI=1S/C17H23N3O3/c1-20(2)14(13-7-5-4-6-8-13)15-18-16(19-23-15)17(21-3)9-11-22-12-10-17/h4-8,14H,9-12H2,1-3H3/t14-/m1/s1. The van der Waals surface area contributed by atoms with Crippen molar-refractivity contribution in [3.05, 3.63) is 47.6 Å². The van der Waals surface area contributed by atoms with E-state index in [1.807, 2.05) is 32.3 Å². The Morgan fingerprint density at radius 1 is 1.17 bits per heavy atom. The zero-order chi connectivity index (χ0) is 16.3. The van der Waals surface area contributed by atoms with Gasteiger partial charge in [-0.3, -0.25) is 4.90 Å². The van der Waals surface area contributed by atoms with Crippen LogP contribution in [0.15, 0.2) is 34.9 Å². The first-order chi connectivity index (χ1) is 11.2. The van der Waals surface area contributed by atoms with E-state index in [0.29, 0.717) is 24.9 Å². The summed E-state index contributed by atoms with van der Waals surface area (Å²) >= 11 is 0. The van der Waals surface area contributed by atoms with Crippen molar-refractivity contribution in [1.82, 2.24) is 15.0 Å². The van der Waals surface area contributed by atoms with Crippen LogP contribution in [0.4, 0.5) is 0 Å². The largest absolute Gasteiger partial charge is 0.381 e. The predicted molar refractivity (Wildman–Crippen MR) is 85.0 cm³/mol. The van der Waals surface area contributed by atoms with Gasteiger partial charge in [0.1, 0.15) is 11.6 Å². The maximum absolute atomic E-state index is 5.75. The lowest BCUT2D eigenvalue weighted by Crippen LogP contribution is -2.36. The van der Waals surface area contributed by atoms with Gasteiger partial charge in [-0.2, -0.15) is 4.98 Å². The number of rotatable bonds is 5. The summed E-state index contributed by atoms with van der Waals surface area (Å²) in [6, 6.07) is 10.1. The molecule has 2 heterocycles. The van der Waals surface area contributed by atoms with E-state index in [-0.39, 0.29) is 6.04 Å². The van der Waals surface area contributed by atoms with Crippen molar-refractivity contribution in [2.75, 3.05) is 34.4 Å². The molecule has 6 nitrogen and oxygen atoms in total. The first-order valence-electron chi connectivity index (χ1n) is 7.85. The van der Waals surface area contributed by atoms with Crippen LogP contribution in [0.1, 0.15) is 36.2 Å². The van der Waals surface area contributed by atoms with Crippen LogP contribution < -0.4 is 0 Å². The van der Waals surface area contributed by atoms with Gasteiger partial charge >= 0.3 is 0 Å². The monoisotopic (exact) mass is 317 g/mol. The molecule has 3 rings (SSSR count). The molecule has 23 heavy (non-hydrogen) atoms. The summed E-state index contributed by atoms with van der Waals surface area (Å²) in [5.74, 6) is 1.19. The van der Waals surface area contributed by atoms with Gasteiger partial charge in [0.25, 0.3) is 0 Å². The van der Waals surface area contributed by atoms with E-state index in [4.69, 9.17) is 14.0 Å². The summed E-state index contributed by atoms with van der Waals surface area (Å²) in [6.45, 7) is 1.29. The Balaban J connectivity index is 1.93. The molecule has 0 saturated carbocycles. The lowest BCUT2D eigenvalue weighted by molar-refractivity contribution is -0.101. The van der Waals surface area contributed by atoms with Crippen molar-refractivity contribution in [2.24, 2.45) is 0 Å². The van der Waals surface area contributed by atoms with Gasteiger partial charge < -0.3 is 14.0 Å². The molecule has 0 spiro atoms. The van der Waals surface area contributed by atoms with Crippen LogP contribution in [0, 0.1) is 0 Å². The third-order valence-corrected chi connectivity index (χ3v) is 4.41. The molecule has 0 bridgehead atoms. The van der Waals surface area contributed by atoms with E-state index in [1.54, 1.807) is 7.11 Å². The second-order valence-corrected chi connectivity index (χ2v) is 6.04. The van der Waals surface area contributed by atoms with E-state index in [1.165, 1.54) is 0 Å². The minimum Gasteiger partial charge on any atom is -0.381 e. The summed E-state index contributed by atoms with van der Waals surface area (Å²) in [4.78, 5) is 6.74. The Hall–Kier alpha value is -1.76. The molecule has 0 aliphatic carbocycles. The van der Waals surface area contributed by atoms with Crippen molar-refractivity contribution in [2.45, 2.75) is 24.5 Å². The van der Waals surface area contributed by atoms with Crippen LogP contribution in [0.25, 0.3) is 0 Å². The molecule has 6 heteroatoms. The minimum absolute atomic E-state index is 0.0776. The van der Waals surface area contributed by atoms with Crippen LogP contribution in [-0.4, -0.2) is 49.5 Å². The molecule has 1 aliphatic rings. The zero-order valence-electron chi connectivity index (χ0n) is 13.9. The molecule has 0 unspecified atom stereocenters.